The van der Waals surface area contributed by atoms with Gasteiger partial charge < -0.3 is 39.8 Å². The van der Waals surface area contributed by atoms with Crippen molar-refractivity contribution in [3.05, 3.63) is 71.7 Å². The number of nitrogens with zero attached hydrogens (tertiary/aromatic N) is 3. The van der Waals surface area contributed by atoms with E-state index in [4.69, 9.17) is 28.9 Å². The zero-order valence-electron chi connectivity index (χ0n) is 36.7. The molecule has 0 spiro atoms. The molecule has 2 fully saturated rings. The van der Waals surface area contributed by atoms with Crippen LogP contribution in [0.3, 0.4) is 0 Å². The number of benzene rings is 2. The second-order valence-electron chi connectivity index (χ2n) is 17.2. The Morgan fingerprint density at radius 2 is 1.48 bits per heavy atom. The third kappa shape index (κ3) is 14.2. The van der Waals surface area contributed by atoms with Gasteiger partial charge in [-0.15, -0.1) is 0 Å². The second kappa shape index (κ2) is 21.2. The number of hydrogen-bond acceptors (Lipinski definition) is 11. The molecular weight excluding hydrogens is 779 g/mol. The molecule has 4 amide bonds. The molecule has 4 N–H and O–H groups in total. The molecule has 1 aromatic heterocycles. The maximum absolute atomic E-state index is 13.6. The van der Waals surface area contributed by atoms with Crippen molar-refractivity contribution < 1.29 is 38.1 Å². The molecule has 3 aromatic rings. The number of carbonyl (C=O) groups excluding carboxylic acids is 4. The number of alkyl carbamates (subject to hydrolysis) is 1. The summed E-state index contributed by atoms with van der Waals surface area (Å²) in [5.41, 5.74) is 2.28. The molecule has 1 saturated carbocycles. The number of rotatable bonds is 14. The highest BCUT2D eigenvalue weighted by Gasteiger charge is 2.45. The van der Waals surface area contributed by atoms with Crippen LogP contribution in [0.1, 0.15) is 108 Å². The van der Waals surface area contributed by atoms with Gasteiger partial charge in [0, 0.05) is 37.0 Å². The van der Waals surface area contributed by atoms with Crippen LogP contribution in [0.5, 0.6) is 0 Å². The van der Waals surface area contributed by atoms with Crippen molar-refractivity contribution >= 4 is 35.5 Å². The molecule has 4 atom stereocenters. The average Bonchev–Trinajstić information content (AvgIpc) is 3.60. The third-order valence-electron chi connectivity index (χ3n) is 10.1. The molecule has 1 saturated heterocycles. The molecule has 2 aliphatic rings. The van der Waals surface area contributed by atoms with E-state index in [0.29, 0.717) is 55.0 Å². The van der Waals surface area contributed by atoms with Crippen LogP contribution in [0.15, 0.2) is 54.6 Å². The molecule has 0 bridgehead atoms. The fraction of sp³-hybridized carbons (Fsp3) is 0.522. The fourth-order valence-electron chi connectivity index (χ4n) is 7.39. The van der Waals surface area contributed by atoms with Crippen molar-refractivity contribution in [2.45, 2.75) is 110 Å². The number of fused-ring (bicyclic) bond motifs is 1. The standard InChI is InChI=1S/C46H61N7O8/c1-30(49-41(54)33-17-15-31(16-18-33)32-19-21-35(22-20-32)50-44(57)61-46(5,6)7)36-29-40(53-37-13-10-9-12-34(37)28-38(53)42(55)47-8)52-39(51-36)14-11-24-58-26-27-59-25-23-48-43(56)60-45(2,3)4/h15-22,29-30,34,37-38H,9-10,12-13,23-28H2,1-8H3,(H,47,55)(H,48,56)(H,49,54)(H,50,57)/t30?,34-,37-,38-/m0/s1. The molecule has 15 heteroatoms. The van der Waals surface area contributed by atoms with E-state index in [0.717, 1.165) is 43.2 Å². The van der Waals surface area contributed by atoms with Crippen molar-refractivity contribution in [2.24, 2.45) is 5.92 Å². The van der Waals surface area contributed by atoms with E-state index in [2.05, 4.69) is 38.0 Å². The van der Waals surface area contributed by atoms with Gasteiger partial charge in [0.25, 0.3) is 5.91 Å². The highest BCUT2D eigenvalue weighted by atomic mass is 16.6. The van der Waals surface area contributed by atoms with E-state index in [1.807, 2.05) is 58.0 Å². The molecular formula is C46H61N7O8. The normalized spacial score (nSPS) is 17.8. The first kappa shape index (κ1) is 46.3. The zero-order chi connectivity index (χ0) is 44.2. The number of anilines is 2. The fourth-order valence-corrected chi connectivity index (χ4v) is 7.39. The summed E-state index contributed by atoms with van der Waals surface area (Å²) in [5.74, 6) is 6.93. The monoisotopic (exact) mass is 839 g/mol. The molecule has 1 aliphatic carbocycles. The Morgan fingerprint density at radius 3 is 2.15 bits per heavy atom. The van der Waals surface area contributed by atoms with Crippen LogP contribution in [0.2, 0.25) is 0 Å². The van der Waals surface area contributed by atoms with Gasteiger partial charge in [-0.05, 0) is 115 Å². The number of ether oxygens (including phenoxy) is 4. The van der Waals surface area contributed by atoms with E-state index >= 15 is 0 Å². The van der Waals surface area contributed by atoms with Crippen LogP contribution in [-0.4, -0.2) is 97.3 Å². The number of likely N-dealkylation sites (N-methyl/N-ethyl adjacent to an activating group) is 1. The molecule has 2 aromatic carbocycles. The first-order chi connectivity index (χ1) is 29.0. The van der Waals surface area contributed by atoms with Gasteiger partial charge in [0.2, 0.25) is 11.7 Å². The highest BCUT2D eigenvalue weighted by molar-refractivity contribution is 5.95. The molecule has 1 aliphatic heterocycles. The molecule has 5 rings (SSSR count). The zero-order valence-corrected chi connectivity index (χ0v) is 36.7. The lowest BCUT2D eigenvalue weighted by atomic mass is 9.84. The number of nitrogens with one attached hydrogen (secondary N) is 4. The Kier molecular flexibility index (Phi) is 16.1. The Morgan fingerprint density at radius 1 is 0.836 bits per heavy atom. The van der Waals surface area contributed by atoms with Gasteiger partial charge >= 0.3 is 12.2 Å². The van der Waals surface area contributed by atoms with E-state index in [-0.39, 0.29) is 36.3 Å². The summed E-state index contributed by atoms with van der Waals surface area (Å²) in [7, 11) is 1.66. The van der Waals surface area contributed by atoms with E-state index < -0.39 is 29.4 Å². The van der Waals surface area contributed by atoms with Crippen LogP contribution >= 0.6 is 0 Å². The topological polar surface area (TPSA) is 182 Å². The Balaban J connectivity index is 1.24. The minimum absolute atomic E-state index is 0.0587. The van der Waals surface area contributed by atoms with Crippen molar-refractivity contribution in [2.75, 3.05) is 50.2 Å². The number of aromatic nitrogens is 2. The Bertz CT molecular complexity index is 2030. The van der Waals surface area contributed by atoms with Gasteiger partial charge in [-0.25, -0.2) is 19.6 Å². The summed E-state index contributed by atoms with van der Waals surface area (Å²) in [6.45, 7) is 14.0. The lowest BCUT2D eigenvalue weighted by Crippen LogP contribution is -2.46. The Hall–Kier alpha value is -5.72. The maximum atomic E-state index is 13.6. The summed E-state index contributed by atoms with van der Waals surface area (Å²) in [6, 6.07) is 15.7. The van der Waals surface area contributed by atoms with Gasteiger partial charge in [0.1, 0.15) is 29.7 Å². The van der Waals surface area contributed by atoms with Crippen molar-refractivity contribution in [1.82, 2.24) is 25.9 Å². The summed E-state index contributed by atoms with van der Waals surface area (Å²) in [5, 5.41) is 11.3. The van der Waals surface area contributed by atoms with Crippen molar-refractivity contribution in [3.63, 3.8) is 0 Å². The van der Waals surface area contributed by atoms with Crippen LogP contribution < -0.4 is 26.2 Å². The number of hydrogen-bond donors (Lipinski definition) is 4. The summed E-state index contributed by atoms with van der Waals surface area (Å²) in [6.07, 6.45) is 3.95. The number of carbonyl (C=O) groups is 4. The van der Waals surface area contributed by atoms with Crippen molar-refractivity contribution in [1.29, 1.82) is 0 Å². The summed E-state index contributed by atoms with van der Waals surface area (Å²) >= 11 is 0. The van der Waals surface area contributed by atoms with Crippen LogP contribution in [0.4, 0.5) is 21.1 Å². The predicted molar refractivity (Wildman–Crippen MR) is 233 cm³/mol. The van der Waals surface area contributed by atoms with Gasteiger partial charge in [-0.1, -0.05) is 43.0 Å². The van der Waals surface area contributed by atoms with Crippen LogP contribution in [0.25, 0.3) is 11.1 Å². The van der Waals surface area contributed by atoms with E-state index in [1.54, 1.807) is 52.1 Å². The lowest BCUT2D eigenvalue weighted by Gasteiger charge is -2.34. The minimum atomic E-state index is -0.601. The molecule has 0 radical (unpaired) electrons. The van der Waals surface area contributed by atoms with Gasteiger partial charge in [-0.2, -0.15) is 0 Å². The largest absolute Gasteiger partial charge is 0.444 e. The van der Waals surface area contributed by atoms with Gasteiger partial charge in [0.15, 0.2) is 0 Å². The quantitative estimate of drug-likeness (QED) is 0.0993. The molecule has 1 unspecified atom stereocenters. The molecule has 2 heterocycles. The first-order valence-electron chi connectivity index (χ1n) is 21.0. The second-order valence-corrected chi connectivity index (χ2v) is 17.2. The highest BCUT2D eigenvalue weighted by Crippen LogP contribution is 2.42. The maximum Gasteiger partial charge on any atom is 0.412 e. The lowest BCUT2D eigenvalue weighted by molar-refractivity contribution is -0.121. The third-order valence-corrected chi connectivity index (χ3v) is 10.1. The van der Waals surface area contributed by atoms with Gasteiger partial charge in [0.05, 0.1) is 31.6 Å². The summed E-state index contributed by atoms with van der Waals surface area (Å²) in [4.78, 5) is 62.5. The van der Waals surface area contributed by atoms with Gasteiger partial charge in [-0.3, -0.25) is 14.9 Å². The number of amides is 4. The molecule has 61 heavy (non-hydrogen) atoms. The molecule has 328 valence electrons. The Labute approximate surface area is 359 Å². The molecule has 15 nitrogen and oxygen atoms in total. The SMILES string of the molecule is CNC(=O)[C@@H]1C[C@@H]2CCCC[C@@H]2N1c1cc(C(C)NC(=O)c2ccc(-c3ccc(NC(=O)OC(C)(C)C)cc3)cc2)nc(C#CCOCCOCCNC(=O)OC(C)(C)C)n1. The van der Waals surface area contributed by atoms with Crippen LogP contribution in [-0.2, 0) is 23.7 Å². The van der Waals surface area contributed by atoms with Crippen LogP contribution in [0, 0.1) is 17.8 Å². The van der Waals surface area contributed by atoms with Crippen molar-refractivity contribution in [3.8, 4) is 23.0 Å². The minimum Gasteiger partial charge on any atom is -0.444 e. The van der Waals surface area contributed by atoms with E-state index in [1.165, 1.54) is 0 Å². The van der Waals surface area contributed by atoms with E-state index in [9.17, 15) is 19.2 Å². The average molecular weight is 840 g/mol. The smallest absolute Gasteiger partial charge is 0.412 e. The first-order valence-corrected chi connectivity index (χ1v) is 21.0. The predicted octanol–water partition coefficient (Wildman–Crippen LogP) is 6.77. The summed E-state index contributed by atoms with van der Waals surface area (Å²) < 4.78 is 21.7.